The van der Waals surface area contributed by atoms with Gasteiger partial charge in [0.15, 0.2) is 0 Å². The molecule has 0 amide bonds. The highest BCUT2D eigenvalue weighted by atomic mass is 15.3. The van der Waals surface area contributed by atoms with Crippen LogP contribution < -0.4 is 17.0 Å². The maximum absolute atomic E-state index is 5.93. The highest BCUT2D eigenvalue weighted by Crippen LogP contribution is 2.22. The van der Waals surface area contributed by atoms with E-state index >= 15 is 0 Å². The molecule has 0 saturated carbocycles. The SMILES string of the molecule is Cn1ncc(C(Cc2ccncc2)NN)c1N. The van der Waals surface area contributed by atoms with Gasteiger partial charge in [0, 0.05) is 25.0 Å². The van der Waals surface area contributed by atoms with Gasteiger partial charge in [-0.1, -0.05) is 0 Å². The predicted octanol–water partition coefficient (Wildman–Crippen LogP) is 0.144. The zero-order valence-electron chi connectivity index (χ0n) is 9.67. The van der Waals surface area contributed by atoms with Crippen molar-refractivity contribution in [1.82, 2.24) is 20.2 Å². The Hall–Kier alpha value is -1.92. The monoisotopic (exact) mass is 232 g/mol. The van der Waals surface area contributed by atoms with Crippen LogP contribution in [-0.4, -0.2) is 14.8 Å². The summed E-state index contributed by atoms with van der Waals surface area (Å²) < 4.78 is 1.63. The minimum Gasteiger partial charge on any atom is -0.384 e. The van der Waals surface area contributed by atoms with Crippen LogP contribution in [-0.2, 0) is 13.5 Å². The van der Waals surface area contributed by atoms with Crippen LogP contribution in [0.2, 0.25) is 0 Å². The molecule has 1 unspecified atom stereocenters. The van der Waals surface area contributed by atoms with Crippen LogP contribution in [0, 0.1) is 0 Å². The van der Waals surface area contributed by atoms with E-state index in [1.807, 2.05) is 12.1 Å². The molecule has 2 heterocycles. The number of rotatable bonds is 4. The van der Waals surface area contributed by atoms with Gasteiger partial charge in [0.2, 0.25) is 0 Å². The van der Waals surface area contributed by atoms with Gasteiger partial charge in [0.05, 0.1) is 12.2 Å². The number of aryl methyl sites for hydroxylation is 1. The number of anilines is 1. The molecular weight excluding hydrogens is 216 g/mol. The van der Waals surface area contributed by atoms with Crippen LogP contribution in [0.15, 0.2) is 30.7 Å². The summed E-state index contributed by atoms with van der Waals surface area (Å²) in [6.07, 6.45) is 6.00. The molecule has 1 atom stereocenters. The topological polar surface area (TPSA) is 94.8 Å². The van der Waals surface area contributed by atoms with Crippen LogP contribution in [0.5, 0.6) is 0 Å². The normalized spacial score (nSPS) is 12.6. The number of nitrogens with two attached hydrogens (primary N) is 2. The minimum atomic E-state index is -0.0499. The molecule has 2 rings (SSSR count). The third-order valence-corrected chi connectivity index (χ3v) is 2.78. The van der Waals surface area contributed by atoms with E-state index in [1.165, 1.54) is 0 Å². The van der Waals surface area contributed by atoms with E-state index in [1.54, 1.807) is 30.3 Å². The van der Waals surface area contributed by atoms with Crippen molar-refractivity contribution < 1.29 is 0 Å². The van der Waals surface area contributed by atoms with E-state index in [0.717, 1.165) is 17.5 Å². The Labute approximate surface area is 99.6 Å². The van der Waals surface area contributed by atoms with Gasteiger partial charge in [0.1, 0.15) is 5.82 Å². The summed E-state index contributed by atoms with van der Waals surface area (Å²) in [5.41, 5.74) is 10.7. The second-order valence-electron chi connectivity index (χ2n) is 3.89. The van der Waals surface area contributed by atoms with Crippen molar-refractivity contribution in [3.05, 3.63) is 41.9 Å². The summed E-state index contributed by atoms with van der Waals surface area (Å²) in [4.78, 5) is 3.98. The first-order valence-electron chi connectivity index (χ1n) is 5.34. The second-order valence-corrected chi connectivity index (χ2v) is 3.89. The van der Waals surface area contributed by atoms with Crippen molar-refractivity contribution in [2.75, 3.05) is 5.73 Å². The van der Waals surface area contributed by atoms with E-state index in [9.17, 15) is 0 Å². The van der Waals surface area contributed by atoms with Gasteiger partial charge < -0.3 is 5.73 Å². The first-order chi connectivity index (χ1) is 8.22. The van der Waals surface area contributed by atoms with Crippen molar-refractivity contribution >= 4 is 5.82 Å². The lowest BCUT2D eigenvalue weighted by molar-refractivity contribution is 0.553. The maximum atomic E-state index is 5.93. The summed E-state index contributed by atoms with van der Waals surface area (Å²) in [6.45, 7) is 0. The molecule has 0 aliphatic carbocycles. The number of hydrogen-bond acceptors (Lipinski definition) is 5. The molecule has 5 N–H and O–H groups in total. The van der Waals surface area contributed by atoms with Gasteiger partial charge in [-0.3, -0.25) is 20.9 Å². The molecule has 6 heteroatoms. The molecule has 0 bridgehead atoms. The summed E-state index contributed by atoms with van der Waals surface area (Å²) in [5.74, 6) is 6.20. The fourth-order valence-corrected chi connectivity index (χ4v) is 1.75. The highest BCUT2D eigenvalue weighted by Gasteiger charge is 2.16. The van der Waals surface area contributed by atoms with Gasteiger partial charge in [-0.15, -0.1) is 0 Å². The molecule has 0 aliphatic heterocycles. The Morgan fingerprint density at radius 3 is 2.65 bits per heavy atom. The summed E-state index contributed by atoms with van der Waals surface area (Å²) in [6, 6.07) is 3.86. The van der Waals surface area contributed by atoms with Crippen molar-refractivity contribution in [3.8, 4) is 0 Å². The number of pyridine rings is 1. The van der Waals surface area contributed by atoms with Crippen molar-refractivity contribution in [3.63, 3.8) is 0 Å². The van der Waals surface area contributed by atoms with E-state index in [-0.39, 0.29) is 6.04 Å². The number of nitrogens with one attached hydrogen (secondary N) is 1. The quantitative estimate of drug-likeness (QED) is 0.515. The maximum Gasteiger partial charge on any atom is 0.126 e. The Bertz CT molecular complexity index is 478. The molecule has 6 nitrogen and oxygen atoms in total. The summed E-state index contributed by atoms with van der Waals surface area (Å²) >= 11 is 0. The van der Waals surface area contributed by atoms with Gasteiger partial charge in [-0.2, -0.15) is 5.10 Å². The number of aromatic nitrogens is 3. The van der Waals surface area contributed by atoms with Crippen LogP contribution in [0.25, 0.3) is 0 Å². The molecule has 2 aromatic rings. The van der Waals surface area contributed by atoms with Gasteiger partial charge in [0.25, 0.3) is 0 Å². The number of nitrogen functional groups attached to an aromatic ring is 1. The van der Waals surface area contributed by atoms with Crippen molar-refractivity contribution in [1.29, 1.82) is 0 Å². The van der Waals surface area contributed by atoms with E-state index in [0.29, 0.717) is 5.82 Å². The fourth-order valence-electron chi connectivity index (χ4n) is 1.75. The Balaban J connectivity index is 2.20. The van der Waals surface area contributed by atoms with Crippen molar-refractivity contribution in [2.24, 2.45) is 12.9 Å². The van der Waals surface area contributed by atoms with Crippen molar-refractivity contribution in [2.45, 2.75) is 12.5 Å². The van der Waals surface area contributed by atoms with Gasteiger partial charge in [-0.25, -0.2) is 0 Å². The zero-order chi connectivity index (χ0) is 12.3. The lowest BCUT2D eigenvalue weighted by Crippen LogP contribution is -2.30. The first-order valence-corrected chi connectivity index (χ1v) is 5.34. The van der Waals surface area contributed by atoms with Gasteiger partial charge >= 0.3 is 0 Å². The van der Waals surface area contributed by atoms with Crippen LogP contribution in [0.3, 0.4) is 0 Å². The third kappa shape index (κ3) is 2.43. The van der Waals surface area contributed by atoms with Crippen LogP contribution >= 0.6 is 0 Å². The molecule has 17 heavy (non-hydrogen) atoms. The molecule has 0 aliphatic rings. The molecule has 0 radical (unpaired) electrons. The zero-order valence-corrected chi connectivity index (χ0v) is 9.67. The largest absolute Gasteiger partial charge is 0.384 e. The number of hydrazine groups is 1. The smallest absolute Gasteiger partial charge is 0.126 e. The lowest BCUT2D eigenvalue weighted by Gasteiger charge is -2.15. The standard InChI is InChI=1S/C11H16N6/c1-17-11(12)9(7-15-17)10(16-13)6-8-2-4-14-5-3-8/h2-5,7,10,16H,6,12-13H2,1H3. The van der Waals surface area contributed by atoms with E-state index in [4.69, 9.17) is 11.6 Å². The average Bonchev–Trinajstić information content (AvgIpc) is 2.69. The van der Waals surface area contributed by atoms with E-state index in [2.05, 4.69) is 15.5 Å². The summed E-state index contributed by atoms with van der Waals surface area (Å²) in [7, 11) is 1.80. The van der Waals surface area contributed by atoms with Crippen LogP contribution in [0.4, 0.5) is 5.82 Å². The summed E-state index contributed by atoms with van der Waals surface area (Å²) in [5, 5.41) is 4.11. The minimum absolute atomic E-state index is 0.0499. The first kappa shape index (κ1) is 11.6. The molecule has 0 saturated heterocycles. The third-order valence-electron chi connectivity index (χ3n) is 2.78. The fraction of sp³-hybridized carbons (Fsp3) is 0.273. The molecule has 0 fully saturated rings. The molecule has 0 aromatic carbocycles. The molecular formula is C11H16N6. The molecule has 90 valence electrons. The van der Waals surface area contributed by atoms with Crippen LogP contribution in [0.1, 0.15) is 17.2 Å². The number of hydrogen-bond donors (Lipinski definition) is 3. The predicted molar refractivity (Wildman–Crippen MR) is 65.6 cm³/mol. The second kappa shape index (κ2) is 4.94. The molecule has 0 spiro atoms. The highest BCUT2D eigenvalue weighted by molar-refractivity contribution is 5.41. The Morgan fingerprint density at radius 2 is 2.12 bits per heavy atom. The number of nitrogens with zero attached hydrogens (tertiary/aromatic N) is 3. The van der Waals surface area contributed by atoms with Gasteiger partial charge in [-0.05, 0) is 24.1 Å². The average molecular weight is 232 g/mol. The Morgan fingerprint density at radius 1 is 1.41 bits per heavy atom. The Kier molecular flexibility index (Phi) is 3.36. The lowest BCUT2D eigenvalue weighted by atomic mass is 10.0. The molecule has 2 aromatic heterocycles. The van der Waals surface area contributed by atoms with E-state index < -0.39 is 0 Å².